The Morgan fingerprint density at radius 2 is 1.26 bits per heavy atom. The number of hydrogen-bond acceptors (Lipinski definition) is 2. The van der Waals surface area contributed by atoms with Crippen LogP contribution in [-0.2, 0) is 10.0 Å². The summed E-state index contributed by atoms with van der Waals surface area (Å²) in [7, 11) is -3.57. The van der Waals surface area contributed by atoms with Crippen molar-refractivity contribution in [1.82, 2.24) is 4.72 Å². The molecule has 0 heterocycles. The summed E-state index contributed by atoms with van der Waals surface area (Å²) in [4.78, 5) is 15.4. The van der Waals surface area contributed by atoms with E-state index in [-0.39, 0.29) is 11.8 Å². The van der Waals surface area contributed by atoms with Gasteiger partial charge in [0.05, 0.1) is 0 Å². The zero-order valence-electron chi connectivity index (χ0n) is 22.1. The molecule has 0 amide bonds. The number of benzene rings is 1. The van der Waals surface area contributed by atoms with E-state index >= 15 is 0 Å². The molecule has 6 heteroatoms. The monoisotopic (exact) mass is 665 g/mol. The molecule has 1 N–H and O–H groups in total. The van der Waals surface area contributed by atoms with Crippen LogP contribution >= 0.6 is 0 Å². The average Bonchev–Trinajstić information content (AvgIpc) is 2.57. The van der Waals surface area contributed by atoms with Gasteiger partial charge in [-0.1, -0.05) is 0 Å². The van der Waals surface area contributed by atoms with Gasteiger partial charge in [-0.05, 0) is 0 Å². The molecule has 0 spiro atoms. The number of rotatable bonds is 10. The summed E-state index contributed by atoms with van der Waals surface area (Å²) in [5, 5.41) is 0. The van der Waals surface area contributed by atoms with Gasteiger partial charge in [-0.3, -0.25) is 0 Å². The summed E-state index contributed by atoms with van der Waals surface area (Å²) < 4.78 is 31.7. The van der Waals surface area contributed by atoms with E-state index in [4.69, 9.17) is 0 Å². The molecule has 0 saturated carbocycles. The molecule has 0 fully saturated rings. The van der Waals surface area contributed by atoms with Gasteiger partial charge in [-0.15, -0.1) is 0 Å². The van der Waals surface area contributed by atoms with Crippen LogP contribution in [-0.4, -0.2) is 51.7 Å². The second kappa shape index (κ2) is 11.3. The van der Waals surface area contributed by atoms with Gasteiger partial charge in [0, 0.05) is 0 Å². The van der Waals surface area contributed by atoms with Crippen molar-refractivity contribution in [3.05, 3.63) is 36.5 Å². The Labute approximate surface area is 201 Å². The van der Waals surface area contributed by atoms with Crippen molar-refractivity contribution in [1.29, 1.82) is 0 Å². The first kappa shape index (κ1) is 29.5. The maximum atomic E-state index is 13.5. The van der Waals surface area contributed by atoms with Crippen molar-refractivity contribution < 1.29 is 8.42 Å². The van der Waals surface area contributed by atoms with Crippen molar-refractivity contribution in [2.75, 3.05) is 6.54 Å². The molecule has 0 bridgehead atoms. The molecule has 0 aliphatic rings. The van der Waals surface area contributed by atoms with Crippen LogP contribution < -0.4 is 4.72 Å². The molecule has 0 aliphatic heterocycles. The minimum atomic E-state index is -3.57. The number of sulfonamides is 1. The molecular weight excluding hydrogens is 616 g/mol. The Morgan fingerprint density at radius 1 is 0.839 bits per heavy atom. The van der Waals surface area contributed by atoms with Crippen LogP contribution in [0.5, 0.6) is 0 Å². The molecule has 3 nitrogen and oxygen atoms in total. The quantitative estimate of drug-likeness (QED) is 0.210. The average molecular weight is 663 g/mol. The van der Waals surface area contributed by atoms with Gasteiger partial charge in [0.2, 0.25) is 0 Å². The second-order valence-electron chi connectivity index (χ2n) is 11.8. The molecule has 0 unspecified atom stereocenters. The van der Waals surface area contributed by atoms with E-state index in [1.165, 1.54) is 5.56 Å². The Bertz CT molecular complexity index is 842. The Hall–Kier alpha value is 0.467. The van der Waals surface area contributed by atoms with Crippen LogP contribution in [0.4, 0.5) is 0 Å². The molecule has 1 aromatic carbocycles. The summed E-state index contributed by atoms with van der Waals surface area (Å²) in [5.41, 5.74) is 3.10. The van der Waals surface area contributed by atoms with Crippen LogP contribution in [0.3, 0.4) is 0 Å². The summed E-state index contributed by atoms with van der Waals surface area (Å²) in [6, 6.07) is 4.21. The van der Waals surface area contributed by atoms with E-state index in [1.54, 1.807) is 1.60 Å². The predicted octanol–water partition coefficient (Wildman–Crippen LogP) is 7.41. The van der Waals surface area contributed by atoms with Crippen molar-refractivity contribution in [2.45, 2.75) is 100 Å². The maximum absolute atomic E-state index is 13.5. The van der Waals surface area contributed by atoms with Gasteiger partial charge >= 0.3 is 203 Å². The van der Waals surface area contributed by atoms with E-state index in [0.717, 1.165) is 17.5 Å². The van der Waals surface area contributed by atoms with Gasteiger partial charge in [0.1, 0.15) is 0 Å². The van der Waals surface area contributed by atoms with Gasteiger partial charge in [0.25, 0.3) is 0 Å². The molecule has 178 valence electrons. The van der Waals surface area contributed by atoms with Crippen molar-refractivity contribution in [3.8, 4) is 0 Å². The number of hydrogen-bond donors (Lipinski definition) is 1. The fraction of sp³-hybridized carbons (Fsp3) is 0.680. The third kappa shape index (κ3) is 8.32. The summed E-state index contributed by atoms with van der Waals surface area (Å²) >= 11 is -4.29. The van der Waals surface area contributed by atoms with E-state index in [2.05, 4.69) is 94.1 Å². The first-order valence-electron chi connectivity index (χ1n) is 11.8. The zero-order valence-corrected chi connectivity index (χ0v) is 28.6. The molecule has 31 heavy (non-hydrogen) atoms. The summed E-state index contributed by atoms with van der Waals surface area (Å²) in [6.07, 6.45) is 3.19. The third-order valence-corrected chi connectivity index (χ3v) is 46.5. The standard InChI is InChI=1S/C19H29NO2S.6CH3.2Sn/c1-8-9-10-20-23(21,22)19-17(14(4)5)11-16(13(2)3)12-18(19)15(6)7;;;;;;;;/h8,11-15,20H,9-10H2,2-7H3;6*1H3;;. The molecule has 0 aliphatic carbocycles. The van der Waals surface area contributed by atoms with E-state index < -0.39 is 46.8 Å². The van der Waals surface area contributed by atoms with Crippen LogP contribution in [0.2, 0.25) is 29.6 Å². The zero-order chi connectivity index (χ0) is 24.4. The molecule has 1 rings (SSSR count). The van der Waals surface area contributed by atoms with Crippen molar-refractivity contribution >= 4 is 46.8 Å². The SMILES string of the molecule is CC(C)c1cc(C(C)C)c(S(=O)(=O)NCCC=[C]([Sn]([CH3])([CH3])[CH3])[Sn]([CH3])([CH3])[CH3])c(C(C)C)c1. The first-order valence-corrected chi connectivity index (χ1v) is 33.2. The topological polar surface area (TPSA) is 46.2 Å². The van der Waals surface area contributed by atoms with Gasteiger partial charge in [0.15, 0.2) is 0 Å². The molecule has 0 atom stereocenters. The van der Waals surface area contributed by atoms with Crippen molar-refractivity contribution in [2.24, 2.45) is 0 Å². The van der Waals surface area contributed by atoms with Gasteiger partial charge in [-0.25, -0.2) is 0 Å². The van der Waals surface area contributed by atoms with E-state index in [1.807, 2.05) is 0 Å². The third-order valence-electron chi connectivity index (χ3n) is 5.75. The van der Waals surface area contributed by atoms with Gasteiger partial charge < -0.3 is 0 Å². The molecule has 1 aromatic rings. The summed E-state index contributed by atoms with van der Waals surface area (Å²) in [5.74, 6) is 0.675. The molecule has 0 aromatic heterocycles. The number of nitrogens with one attached hydrogen (secondary N) is 1. The van der Waals surface area contributed by atoms with Crippen LogP contribution in [0.1, 0.15) is 82.4 Å². The van der Waals surface area contributed by atoms with Crippen molar-refractivity contribution in [3.63, 3.8) is 0 Å². The van der Waals surface area contributed by atoms with Crippen LogP contribution in [0.15, 0.2) is 24.7 Å². The van der Waals surface area contributed by atoms with E-state index in [9.17, 15) is 8.42 Å². The molecule has 0 saturated heterocycles. The normalized spacial score (nSPS) is 13.4. The Morgan fingerprint density at radius 3 is 1.58 bits per heavy atom. The summed E-state index contributed by atoms with van der Waals surface area (Å²) in [6.45, 7) is 13.2. The van der Waals surface area contributed by atoms with Crippen LogP contribution in [0, 0.1) is 0 Å². The Balaban J connectivity index is 3.32. The fourth-order valence-corrected chi connectivity index (χ4v) is 60.0. The van der Waals surface area contributed by atoms with Gasteiger partial charge in [-0.2, -0.15) is 0 Å². The first-order chi connectivity index (χ1) is 13.9. The Kier molecular flexibility index (Phi) is 10.7. The molecule has 0 radical (unpaired) electrons. The van der Waals surface area contributed by atoms with E-state index in [0.29, 0.717) is 17.4 Å². The predicted molar refractivity (Wildman–Crippen MR) is 143 cm³/mol. The van der Waals surface area contributed by atoms with Crippen LogP contribution in [0.25, 0.3) is 0 Å². The second-order valence-corrected chi connectivity index (χ2v) is 46.3. The molecular formula is C25H47NO2SSn2. The fourth-order valence-electron chi connectivity index (χ4n) is 4.42. The minimum absolute atomic E-state index is 0.152.